The van der Waals surface area contributed by atoms with Gasteiger partial charge < -0.3 is 15.0 Å². The average molecular weight is 515 g/mol. The van der Waals surface area contributed by atoms with Crippen LogP contribution in [-0.4, -0.2) is 42.9 Å². The van der Waals surface area contributed by atoms with E-state index < -0.39 is 0 Å². The van der Waals surface area contributed by atoms with E-state index in [2.05, 4.69) is 45.4 Å². The zero-order valence-electron chi connectivity index (χ0n) is 21.4. The van der Waals surface area contributed by atoms with Crippen LogP contribution >= 0.6 is 11.3 Å². The van der Waals surface area contributed by atoms with Crippen molar-refractivity contribution < 1.29 is 14.3 Å². The van der Waals surface area contributed by atoms with Gasteiger partial charge in [-0.05, 0) is 49.1 Å². The van der Waals surface area contributed by atoms with Crippen molar-refractivity contribution in [2.24, 2.45) is 0 Å². The summed E-state index contributed by atoms with van der Waals surface area (Å²) in [5.41, 5.74) is 7.31. The molecule has 0 atom stereocenters. The number of likely N-dealkylation sites (N-methyl/N-ethyl adjacent to an activating group) is 1. The molecular weight excluding hydrogens is 484 g/mol. The van der Waals surface area contributed by atoms with Crippen LogP contribution in [0.3, 0.4) is 0 Å². The maximum Gasteiger partial charge on any atom is 0.230 e. The minimum Gasteiger partial charge on any atom is -0.481 e. The van der Waals surface area contributed by atoms with E-state index in [4.69, 9.17) is 4.74 Å². The van der Waals surface area contributed by atoms with E-state index in [1.54, 1.807) is 19.4 Å². The van der Waals surface area contributed by atoms with Crippen LogP contribution in [0.15, 0.2) is 60.8 Å². The van der Waals surface area contributed by atoms with Crippen LogP contribution in [0, 0.1) is 13.8 Å². The van der Waals surface area contributed by atoms with Gasteiger partial charge in [-0.2, -0.15) is 0 Å². The summed E-state index contributed by atoms with van der Waals surface area (Å²) in [6, 6.07) is 17.6. The molecular formula is C29H30N4O3S. The van der Waals surface area contributed by atoms with Gasteiger partial charge in [0, 0.05) is 47.5 Å². The Morgan fingerprint density at radius 2 is 1.97 bits per heavy atom. The highest BCUT2D eigenvalue weighted by atomic mass is 32.1. The largest absolute Gasteiger partial charge is 0.481 e. The fourth-order valence-electron chi connectivity index (χ4n) is 4.14. The number of methoxy groups -OCH3 is 1. The molecule has 0 aliphatic carbocycles. The van der Waals surface area contributed by atoms with Crippen LogP contribution in [0.4, 0.5) is 10.8 Å². The molecule has 0 saturated carbocycles. The van der Waals surface area contributed by atoms with Crippen molar-refractivity contribution in [2.75, 3.05) is 30.9 Å². The molecule has 1 aliphatic heterocycles. The van der Waals surface area contributed by atoms with Crippen molar-refractivity contribution >= 4 is 34.3 Å². The van der Waals surface area contributed by atoms with Crippen LogP contribution < -0.4 is 15.0 Å². The molecule has 0 bridgehead atoms. The third-order valence-electron chi connectivity index (χ3n) is 6.21. The zero-order valence-corrected chi connectivity index (χ0v) is 22.3. The van der Waals surface area contributed by atoms with Gasteiger partial charge in [-0.15, -0.1) is 11.3 Å². The molecule has 4 aromatic rings. The standard InChI is InChI=1S/C21H22N4O2S.C8H8O/c1-13-20(16-5-6-17-15(11-16)8-9-25(17)2)24-21(28-13)23-18(26)10-14-4-7-19(27-3)22-12-14;1-7-4-2-3-5-8(7)6-9/h4-7,11-12H,8-10H2,1-3H3,(H,23,24,26);2-6H,1H3. The van der Waals surface area contributed by atoms with Gasteiger partial charge in [-0.3, -0.25) is 9.59 Å². The summed E-state index contributed by atoms with van der Waals surface area (Å²) in [4.78, 5) is 34.8. The molecule has 37 heavy (non-hydrogen) atoms. The molecule has 190 valence electrons. The number of fused-ring (bicyclic) bond motifs is 1. The molecule has 3 heterocycles. The maximum absolute atomic E-state index is 12.4. The fraction of sp³-hybridized carbons (Fsp3) is 0.241. The lowest BCUT2D eigenvalue weighted by Crippen LogP contribution is -2.14. The number of nitrogens with zero attached hydrogens (tertiary/aromatic N) is 3. The number of aldehydes is 1. The highest BCUT2D eigenvalue weighted by molar-refractivity contribution is 7.16. The summed E-state index contributed by atoms with van der Waals surface area (Å²) in [5.74, 6) is 0.424. The number of carbonyl (C=O) groups excluding carboxylic acids is 2. The molecule has 0 radical (unpaired) electrons. The minimum atomic E-state index is -0.108. The lowest BCUT2D eigenvalue weighted by atomic mass is 10.1. The minimum absolute atomic E-state index is 0.108. The fourth-order valence-corrected chi connectivity index (χ4v) is 4.99. The Labute approximate surface area is 221 Å². The lowest BCUT2D eigenvalue weighted by molar-refractivity contribution is -0.115. The molecule has 7 nitrogen and oxygen atoms in total. The molecule has 0 saturated heterocycles. The lowest BCUT2D eigenvalue weighted by Gasteiger charge is -2.11. The first kappa shape index (κ1) is 26.0. The molecule has 2 aromatic heterocycles. The number of benzene rings is 2. The Balaban J connectivity index is 0.000000301. The molecule has 8 heteroatoms. The van der Waals surface area contributed by atoms with Crippen LogP contribution in [0.1, 0.15) is 31.9 Å². The molecule has 1 N–H and O–H groups in total. The summed E-state index contributed by atoms with van der Waals surface area (Å²) >= 11 is 1.50. The number of rotatable bonds is 6. The second-order valence-corrected chi connectivity index (χ2v) is 10.1. The monoisotopic (exact) mass is 514 g/mol. The summed E-state index contributed by atoms with van der Waals surface area (Å²) in [6.45, 7) is 5.01. The SMILES string of the molecule is COc1ccc(CC(=O)Nc2nc(-c3ccc4c(c3)CCN4C)c(C)s2)cn1.Cc1ccccc1C=O. The normalized spacial score (nSPS) is 11.8. The van der Waals surface area contributed by atoms with Crippen molar-refractivity contribution in [3.63, 3.8) is 0 Å². The van der Waals surface area contributed by atoms with E-state index in [0.29, 0.717) is 11.0 Å². The summed E-state index contributed by atoms with van der Waals surface area (Å²) in [5, 5.41) is 3.53. The topological polar surface area (TPSA) is 84.4 Å². The van der Waals surface area contributed by atoms with Crippen molar-refractivity contribution in [1.82, 2.24) is 9.97 Å². The van der Waals surface area contributed by atoms with E-state index in [0.717, 1.165) is 52.1 Å². The number of amides is 1. The molecule has 2 aromatic carbocycles. The average Bonchev–Trinajstić information content (AvgIpc) is 3.46. The Morgan fingerprint density at radius 3 is 2.65 bits per heavy atom. The summed E-state index contributed by atoms with van der Waals surface area (Å²) in [6.07, 6.45) is 3.83. The Kier molecular flexibility index (Phi) is 8.30. The van der Waals surface area contributed by atoms with E-state index >= 15 is 0 Å². The van der Waals surface area contributed by atoms with Gasteiger partial charge in [0.15, 0.2) is 5.13 Å². The van der Waals surface area contributed by atoms with Crippen LogP contribution in [0.25, 0.3) is 11.3 Å². The number of ether oxygens (including phenoxy) is 1. The number of aromatic nitrogens is 2. The van der Waals surface area contributed by atoms with Crippen molar-refractivity contribution in [3.8, 4) is 17.1 Å². The number of pyridine rings is 1. The Hall–Kier alpha value is -4.04. The number of hydrogen-bond acceptors (Lipinski definition) is 7. The van der Waals surface area contributed by atoms with Crippen LogP contribution in [0.2, 0.25) is 0 Å². The maximum atomic E-state index is 12.4. The van der Waals surface area contributed by atoms with Crippen LogP contribution in [0.5, 0.6) is 5.88 Å². The van der Waals surface area contributed by atoms with Gasteiger partial charge in [-0.25, -0.2) is 9.97 Å². The number of aryl methyl sites for hydroxylation is 2. The Bertz CT molecular complexity index is 1400. The molecule has 0 unspecified atom stereocenters. The predicted molar refractivity (Wildman–Crippen MR) is 149 cm³/mol. The molecule has 0 fully saturated rings. The van der Waals surface area contributed by atoms with Crippen molar-refractivity contribution in [1.29, 1.82) is 0 Å². The van der Waals surface area contributed by atoms with Gasteiger partial charge in [0.1, 0.15) is 6.29 Å². The number of thiazole rings is 1. The van der Waals surface area contributed by atoms with E-state index in [1.807, 2.05) is 44.2 Å². The highest BCUT2D eigenvalue weighted by Gasteiger charge is 2.18. The first-order valence-corrected chi connectivity index (χ1v) is 12.8. The molecule has 5 rings (SSSR count). The first-order chi connectivity index (χ1) is 17.9. The zero-order chi connectivity index (χ0) is 26.4. The smallest absolute Gasteiger partial charge is 0.230 e. The van der Waals surface area contributed by atoms with Crippen molar-refractivity contribution in [2.45, 2.75) is 26.7 Å². The van der Waals surface area contributed by atoms with E-state index in [1.165, 1.54) is 22.6 Å². The molecule has 1 aliphatic rings. The van der Waals surface area contributed by atoms with E-state index in [-0.39, 0.29) is 12.3 Å². The second-order valence-electron chi connectivity index (χ2n) is 8.85. The van der Waals surface area contributed by atoms with E-state index in [9.17, 15) is 9.59 Å². The van der Waals surface area contributed by atoms with Gasteiger partial charge in [-0.1, -0.05) is 36.4 Å². The Morgan fingerprint density at radius 1 is 1.16 bits per heavy atom. The number of anilines is 2. The number of carbonyl (C=O) groups is 2. The van der Waals surface area contributed by atoms with Gasteiger partial charge in [0.25, 0.3) is 0 Å². The predicted octanol–water partition coefficient (Wildman–Crippen LogP) is 5.50. The third kappa shape index (κ3) is 6.40. The first-order valence-electron chi connectivity index (χ1n) is 12.0. The van der Waals surface area contributed by atoms with Crippen LogP contribution in [-0.2, 0) is 17.6 Å². The van der Waals surface area contributed by atoms with Gasteiger partial charge in [0.05, 0.1) is 19.2 Å². The summed E-state index contributed by atoms with van der Waals surface area (Å²) < 4.78 is 5.04. The van der Waals surface area contributed by atoms with Crippen molar-refractivity contribution in [3.05, 3.63) is 87.9 Å². The highest BCUT2D eigenvalue weighted by Crippen LogP contribution is 2.35. The third-order valence-corrected chi connectivity index (χ3v) is 7.10. The number of nitrogens with one attached hydrogen (secondary N) is 1. The summed E-state index contributed by atoms with van der Waals surface area (Å²) in [7, 11) is 3.68. The second kappa shape index (κ2) is 11.8. The number of hydrogen-bond donors (Lipinski definition) is 1. The van der Waals surface area contributed by atoms with Gasteiger partial charge >= 0.3 is 0 Å². The molecule has 0 spiro atoms. The van der Waals surface area contributed by atoms with Gasteiger partial charge in [0.2, 0.25) is 11.8 Å². The quantitative estimate of drug-likeness (QED) is 0.342. The molecule has 1 amide bonds.